The number of rotatable bonds is 2. The predicted octanol–water partition coefficient (Wildman–Crippen LogP) is 3.61. The fourth-order valence-electron chi connectivity index (χ4n) is 0.848. The summed E-state index contributed by atoms with van der Waals surface area (Å²) in [7, 11) is 0. The standard InChI is InChI=1S/C9H17Cl/c1-5-8(7-10)6-9(2,3)4/h6H,5,7H2,1-4H3. The lowest BCUT2D eigenvalue weighted by atomic mass is 9.93. The molecule has 0 spiro atoms. The lowest BCUT2D eigenvalue weighted by Crippen LogP contribution is -2.01. The van der Waals surface area contributed by atoms with Gasteiger partial charge in [0.25, 0.3) is 0 Å². The summed E-state index contributed by atoms with van der Waals surface area (Å²) in [6.45, 7) is 8.71. The van der Waals surface area contributed by atoms with Crippen LogP contribution in [0.2, 0.25) is 0 Å². The average Bonchev–Trinajstić information content (AvgIpc) is 1.81. The summed E-state index contributed by atoms with van der Waals surface area (Å²) in [6.07, 6.45) is 3.32. The number of hydrogen-bond donors (Lipinski definition) is 0. The molecule has 0 aromatic heterocycles. The maximum Gasteiger partial charge on any atom is 0.0433 e. The van der Waals surface area contributed by atoms with E-state index in [4.69, 9.17) is 11.6 Å². The van der Waals surface area contributed by atoms with Crippen LogP contribution in [0.5, 0.6) is 0 Å². The first-order valence-electron chi connectivity index (χ1n) is 3.76. The molecule has 0 unspecified atom stereocenters. The minimum atomic E-state index is 0.278. The second kappa shape index (κ2) is 4.02. The molecule has 0 saturated carbocycles. The van der Waals surface area contributed by atoms with Crippen LogP contribution in [-0.2, 0) is 0 Å². The van der Waals surface area contributed by atoms with Gasteiger partial charge in [-0.2, -0.15) is 0 Å². The third-order valence-electron chi connectivity index (χ3n) is 1.26. The van der Waals surface area contributed by atoms with Crippen molar-refractivity contribution in [1.82, 2.24) is 0 Å². The largest absolute Gasteiger partial charge is 0.122 e. The van der Waals surface area contributed by atoms with E-state index in [1.54, 1.807) is 0 Å². The van der Waals surface area contributed by atoms with Crippen molar-refractivity contribution in [3.05, 3.63) is 11.6 Å². The van der Waals surface area contributed by atoms with Gasteiger partial charge in [0.2, 0.25) is 0 Å². The monoisotopic (exact) mass is 160 g/mol. The van der Waals surface area contributed by atoms with E-state index in [2.05, 4.69) is 33.8 Å². The van der Waals surface area contributed by atoms with Crippen molar-refractivity contribution in [3.8, 4) is 0 Å². The van der Waals surface area contributed by atoms with E-state index in [-0.39, 0.29) is 5.41 Å². The zero-order valence-electron chi connectivity index (χ0n) is 7.37. The van der Waals surface area contributed by atoms with E-state index in [0.717, 1.165) is 6.42 Å². The molecule has 0 aromatic rings. The van der Waals surface area contributed by atoms with Crippen molar-refractivity contribution in [2.24, 2.45) is 5.41 Å². The maximum atomic E-state index is 5.71. The minimum Gasteiger partial charge on any atom is -0.122 e. The molecule has 0 bridgehead atoms. The van der Waals surface area contributed by atoms with Gasteiger partial charge in [-0.05, 0) is 11.8 Å². The number of alkyl halides is 1. The van der Waals surface area contributed by atoms with Gasteiger partial charge >= 0.3 is 0 Å². The SMILES string of the molecule is CCC(=CC(C)(C)C)CCl. The number of halogens is 1. The van der Waals surface area contributed by atoms with Crippen LogP contribution >= 0.6 is 11.6 Å². The lowest BCUT2D eigenvalue weighted by Gasteiger charge is -2.14. The summed E-state index contributed by atoms with van der Waals surface area (Å²) in [4.78, 5) is 0. The van der Waals surface area contributed by atoms with Gasteiger partial charge in [0.15, 0.2) is 0 Å². The molecular weight excluding hydrogens is 144 g/mol. The van der Waals surface area contributed by atoms with Gasteiger partial charge in [-0.15, -0.1) is 11.6 Å². The molecule has 0 saturated heterocycles. The molecule has 1 heteroatoms. The Morgan fingerprint density at radius 3 is 2.00 bits per heavy atom. The zero-order valence-corrected chi connectivity index (χ0v) is 8.13. The summed E-state index contributed by atoms with van der Waals surface area (Å²) in [5.74, 6) is 0.674. The molecule has 0 fully saturated rings. The molecule has 10 heavy (non-hydrogen) atoms. The van der Waals surface area contributed by atoms with Crippen molar-refractivity contribution >= 4 is 11.6 Å². The minimum absolute atomic E-state index is 0.278. The van der Waals surface area contributed by atoms with Crippen molar-refractivity contribution in [2.45, 2.75) is 34.1 Å². The molecular formula is C9H17Cl. The summed E-state index contributed by atoms with van der Waals surface area (Å²) in [6, 6.07) is 0. The van der Waals surface area contributed by atoms with Crippen LogP contribution < -0.4 is 0 Å². The number of allylic oxidation sites excluding steroid dienone is 2. The molecule has 0 aliphatic rings. The quantitative estimate of drug-likeness (QED) is 0.428. The van der Waals surface area contributed by atoms with E-state index < -0.39 is 0 Å². The topological polar surface area (TPSA) is 0 Å². The molecule has 0 nitrogen and oxygen atoms in total. The normalized spacial score (nSPS) is 13.9. The second-order valence-electron chi connectivity index (χ2n) is 3.66. The van der Waals surface area contributed by atoms with E-state index in [1.165, 1.54) is 5.57 Å². The summed E-state index contributed by atoms with van der Waals surface area (Å²) in [5, 5.41) is 0. The van der Waals surface area contributed by atoms with Crippen molar-refractivity contribution in [2.75, 3.05) is 5.88 Å². The first kappa shape index (κ1) is 10.0. The Balaban J connectivity index is 4.11. The Morgan fingerprint density at radius 2 is 1.90 bits per heavy atom. The molecule has 0 aliphatic heterocycles. The fourth-order valence-corrected chi connectivity index (χ4v) is 1.11. The lowest BCUT2D eigenvalue weighted by molar-refractivity contribution is 0.538. The molecule has 60 valence electrons. The van der Waals surface area contributed by atoms with Crippen LogP contribution in [0, 0.1) is 5.41 Å². The predicted molar refractivity (Wildman–Crippen MR) is 48.5 cm³/mol. The molecule has 0 radical (unpaired) electrons. The van der Waals surface area contributed by atoms with Gasteiger partial charge in [-0.1, -0.05) is 39.3 Å². The smallest absolute Gasteiger partial charge is 0.0433 e. The molecule has 0 amide bonds. The van der Waals surface area contributed by atoms with Gasteiger partial charge < -0.3 is 0 Å². The molecule has 0 N–H and O–H groups in total. The van der Waals surface area contributed by atoms with Crippen molar-refractivity contribution in [1.29, 1.82) is 0 Å². The molecule has 0 aromatic carbocycles. The Morgan fingerprint density at radius 1 is 1.40 bits per heavy atom. The van der Waals surface area contributed by atoms with Gasteiger partial charge in [-0.3, -0.25) is 0 Å². The fraction of sp³-hybridized carbons (Fsp3) is 0.778. The Bertz CT molecular complexity index is 111. The molecule has 0 rings (SSSR count). The van der Waals surface area contributed by atoms with E-state index >= 15 is 0 Å². The zero-order chi connectivity index (χ0) is 8.20. The second-order valence-corrected chi connectivity index (χ2v) is 3.92. The molecule has 0 atom stereocenters. The Hall–Kier alpha value is 0.0300. The van der Waals surface area contributed by atoms with Crippen molar-refractivity contribution < 1.29 is 0 Å². The Kier molecular flexibility index (Phi) is 4.04. The van der Waals surface area contributed by atoms with Gasteiger partial charge in [0, 0.05) is 5.88 Å². The van der Waals surface area contributed by atoms with Gasteiger partial charge in [-0.25, -0.2) is 0 Å². The maximum absolute atomic E-state index is 5.71. The highest BCUT2D eigenvalue weighted by Crippen LogP contribution is 2.19. The third-order valence-corrected chi connectivity index (χ3v) is 1.61. The molecule has 0 aliphatic carbocycles. The van der Waals surface area contributed by atoms with Crippen LogP contribution in [0.1, 0.15) is 34.1 Å². The average molecular weight is 161 g/mol. The van der Waals surface area contributed by atoms with Crippen LogP contribution in [0.3, 0.4) is 0 Å². The van der Waals surface area contributed by atoms with Crippen molar-refractivity contribution in [3.63, 3.8) is 0 Å². The summed E-state index contributed by atoms with van der Waals surface area (Å²) < 4.78 is 0. The highest BCUT2D eigenvalue weighted by atomic mass is 35.5. The summed E-state index contributed by atoms with van der Waals surface area (Å²) in [5.41, 5.74) is 1.62. The first-order valence-corrected chi connectivity index (χ1v) is 4.29. The van der Waals surface area contributed by atoms with E-state index in [9.17, 15) is 0 Å². The van der Waals surface area contributed by atoms with Crippen LogP contribution in [0.4, 0.5) is 0 Å². The highest BCUT2D eigenvalue weighted by molar-refractivity contribution is 6.19. The number of hydrogen-bond acceptors (Lipinski definition) is 0. The first-order chi connectivity index (χ1) is 4.49. The van der Waals surface area contributed by atoms with Crippen LogP contribution in [0.15, 0.2) is 11.6 Å². The van der Waals surface area contributed by atoms with Crippen LogP contribution in [0.25, 0.3) is 0 Å². The van der Waals surface area contributed by atoms with E-state index in [0.29, 0.717) is 5.88 Å². The summed E-state index contributed by atoms with van der Waals surface area (Å²) >= 11 is 5.71. The third kappa shape index (κ3) is 4.87. The molecule has 0 heterocycles. The Labute approximate surface area is 69.3 Å². The van der Waals surface area contributed by atoms with E-state index in [1.807, 2.05) is 0 Å². The van der Waals surface area contributed by atoms with Gasteiger partial charge in [0.05, 0.1) is 0 Å². The van der Waals surface area contributed by atoms with Crippen LogP contribution in [-0.4, -0.2) is 5.88 Å². The highest BCUT2D eigenvalue weighted by Gasteiger charge is 2.06. The van der Waals surface area contributed by atoms with Gasteiger partial charge in [0.1, 0.15) is 0 Å².